The topological polar surface area (TPSA) is 42.0 Å². The van der Waals surface area contributed by atoms with E-state index in [1.807, 2.05) is 0 Å². The predicted octanol–water partition coefficient (Wildman–Crippen LogP) is 1.76. The highest BCUT2D eigenvalue weighted by molar-refractivity contribution is 5.79. The van der Waals surface area contributed by atoms with Crippen LogP contribution in [0.25, 0.3) is 0 Å². The molecule has 0 unspecified atom stereocenters. The third-order valence-electron chi connectivity index (χ3n) is 6.49. The fraction of sp³-hybridized carbons (Fsp3) is 0.947. The Morgan fingerprint density at radius 2 is 1.75 bits per heavy atom. The van der Waals surface area contributed by atoms with Crippen LogP contribution in [-0.4, -0.2) is 74.4 Å². The molecule has 0 aromatic rings. The van der Waals surface area contributed by atoms with Crippen LogP contribution in [0.5, 0.6) is 0 Å². The molecule has 5 heteroatoms. The third-order valence-corrected chi connectivity index (χ3v) is 6.49. The van der Waals surface area contributed by atoms with Crippen molar-refractivity contribution in [1.29, 1.82) is 0 Å². The van der Waals surface area contributed by atoms with E-state index in [1.165, 1.54) is 32.2 Å². The zero-order valence-electron chi connectivity index (χ0n) is 14.8. The van der Waals surface area contributed by atoms with Gasteiger partial charge in [0.15, 0.2) is 0 Å². The van der Waals surface area contributed by atoms with Crippen molar-refractivity contribution in [2.45, 2.75) is 44.6 Å². The monoisotopic (exact) mass is 336 g/mol. The minimum Gasteiger partial charge on any atom is -0.381 e. The van der Waals surface area contributed by atoms with Crippen LogP contribution in [0, 0.1) is 17.8 Å². The number of carbonyl (C=O) groups excluding carboxylic acids is 1. The van der Waals surface area contributed by atoms with E-state index < -0.39 is 0 Å². The molecule has 1 aliphatic carbocycles. The van der Waals surface area contributed by atoms with Gasteiger partial charge in [0.25, 0.3) is 0 Å². The second-order valence-electron chi connectivity index (χ2n) is 8.21. The first-order chi connectivity index (χ1) is 11.8. The fourth-order valence-electron chi connectivity index (χ4n) is 5.07. The van der Waals surface area contributed by atoms with Crippen LogP contribution in [0.15, 0.2) is 0 Å². The van der Waals surface area contributed by atoms with Crippen LogP contribution < -0.4 is 0 Å². The van der Waals surface area contributed by atoms with Gasteiger partial charge in [-0.3, -0.25) is 4.79 Å². The minimum atomic E-state index is 0.177. The van der Waals surface area contributed by atoms with Crippen molar-refractivity contribution in [2.24, 2.45) is 17.8 Å². The molecular formula is C19H32N2O3. The lowest BCUT2D eigenvalue weighted by Crippen LogP contribution is -2.39. The second-order valence-corrected chi connectivity index (χ2v) is 8.21. The first kappa shape index (κ1) is 16.8. The zero-order chi connectivity index (χ0) is 16.4. The number of rotatable bonds is 3. The van der Waals surface area contributed by atoms with E-state index in [-0.39, 0.29) is 12.0 Å². The van der Waals surface area contributed by atoms with E-state index in [2.05, 4.69) is 9.80 Å². The van der Waals surface area contributed by atoms with Crippen LogP contribution >= 0.6 is 0 Å². The highest BCUT2D eigenvalue weighted by Gasteiger charge is 2.40. The van der Waals surface area contributed by atoms with Gasteiger partial charge in [0.05, 0.1) is 12.7 Å². The van der Waals surface area contributed by atoms with Gasteiger partial charge in [0, 0.05) is 57.8 Å². The van der Waals surface area contributed by atoms with E-state index in [4.69, 9.17) is 9.47 Å². The number of amides is 1. The molecule has 5 nitrogen and oxygen atoms in total. The summed E-state index contributed by atoms with van der Waals surface area (Å²) < 4.78 is 11.5. The fourth-order valence-corrected chi connectivity index (χ4v) is 5.07. The molecule has 24 heavy (non-hydrogen) atoms. The molecule has 0 aromatic carbocycles. The summed E-state index contributed by atoms with van der Waals surface area (Å²) in [6.07, 6.45) is 7.66. The summed E-state index contributed by atoms with van der Waals surface area (Å²) in [5.74, 6) is 1.91. The van der Waals surface area contributed by atoms with Gasteiger partial charge in [-0.2, -0.15) is 0 Å². The number of likely N-dealkylation sites (tertiary alicyclic amines) is 1. The molecule has 0 bridgehead atoms. The maximum Gasteiger partial charge on any atom is 0.225 e. The number of ether oxygens (including phenoxy) is 2. The molecular weight excluding hydrogens is 304 g/mol. The van der Waals surface area contributed by atoms with E-state index in [0.717, 1.165) is 64.8 Å². The molecule has 3 aliphatic heterocycles. The quantitative estimate of drug-likeness (QED) is 0.788. The lowest BCUT2D eigenvalue weighted by Gasteiger charge is -2.28. The van der Waals surface area contributed by atoms with Crippen LogP contribution in [0.2, 0.25) is 0 Å². The lowest BCUT2D eigenvalue weighted by molar-refractivity contribution is -0.138. The minimum absolute atomic E-state index is 0.177. The summed E-state index contributed by atoms with van der Waals surface area (Å²) in [5.41, 5.74) is 0. The number of nitrogens with zero attached hydrogens (tertiary/aromatic N) is 2. The zero-order valence-corrected chi connectivity index (χ0v) is 14.8. The second kappa shape index (κ2) is 7.71. The average Bonchev–Trinajstić information content (AvgIpc) is 3.22. The van der Waals surface area contributed by atoms with Crippen molar-refractivity contribution in [1.82, 2.24) is 9.80 Å². The Labute approximate surface area is 145 Å². The molecule has 4 fully saturated rings. The van der Waals surface area contributed by atoms with E-state index in [9.17, 15) is 4.79 Å². The van der Waals surface area contributed by atoms with Crippen LogP contribution in [0.4, 0.5) is 0 Å². The Morgan fingerprint density at radius 3 is 2.54 bits per heavy atom. The summed E-state index contributed by atoms with van der Waals surface area (Å²) in [6.45, 7) is 7.41. The first-order valence-electron chi connectivity index (χ1n) is 10.00. The number of hydrogen-bond donors (Lipinski definition) is 0. The van der Waals surface area contributed by atoms with Gasteiger partial charge in [-0.25, -0.2) is 0 Å². The average molecular weight is 336 g/mol. The summed E-state index contributed by atoms with van der Waals surface area (Å²) in [4.78, 5) is 17.5. The van der Waals surface area contributed by atoms with Crippen molar-refractivity contribution in [3.63, 3.8) is 0 Å². The summed E-state index contributed by atoms with van der Waals surface area (Å²) >= 11 is 0. The van der Waals surface area contributed by atoms with Crippen LogP contribution in [0.3, 0.4) is 0 Å². The molecule has 1 amide bonds. The Bertz CT molecular complexity index is 432. The Morgan fingerprint density at radius 1 is 0.958 bits per heavy atom. The molecule has 0 spiro atoms. The van der Waals surface area contributed by atoms with E-state index in [0.29, 0.717) is 11.8 Å². The normalized spacial score (nSPS) is 33.6. The van der Waals surface area contributed by atoms with Gasteiger partial charge >= 0.3 is 0 Å². The Kier molecular flexibility index (Phi) is 5.40. The summed E-state index contributed by atoms with van der Waals surface area (Å²) in [6, 6.07) is 0. The van der Waals surface area contributed by atoms with Crippen molar-refractivity contribution >= 4 is 5.91 Å². The molecule has 4 rings (SSSR count). The highest BCUT2D eigenvalue weighted by Crippen LogP contribution is 2.30. The molecule has 0 radical (unpaired) electrons. The van der Waals surface area contributed by atoms with Gasteiger partial charge in [-0.1, -0.05) is 12.8 Å². The Hall–Kier alpha value is -0.650. The Balaban J connectivity index is 1.32. The van der Waals surface area contributed by atoms with Crippen LogP contribution in [-0.2, 0) is 14.3 Å². The standard InChI is InChI=1S/C19H32N2O3/c22-19(16-5-8-23-9-6-16)21-13-17-12-20(7-10-24-18(17)14-21)11-15-3-1-2-4-15/h15-18H,1-14H2/t17-,18+/m1/s1. The lowest BCUT2D eigenvalue weighted by atomic mass is 9.99. The summed E-state index contributed by atoms with van der Waals surface area (Å²) in [7, 11) is 0. The molecule has 0 aromatic heterocycles. The molecule has 0 N–H and O–H groups in total. The predicted molar refractivity (Wildman–Crippen MR) is 91.8 cm³/mol. The van der Waals surface area contributed by atoms with Gasteiger partial charge in [0.2, 0.25) is 5.91 Å². The van der Waals surface area contributed by atoms with Crippen molar-refractivity contribution in [2.75, 3.05) is 52.5 Å². The largest absolute Gasteiger partial charge is 0.381 e. The van der Waals surface area contributed by atoms with Crippen LogP contribution in [0.1, 0.15) is 38.5 Å². The summed E-state index contributed by atoms with van der Waals surface area (Å²) in [5, 5.41) is 0. The van der Waals surface area contributed by atoms with Gasteiger partial charge in [-0.15, -0.1) is 0 Å². The van der Waals surface area contributed by atoms with Crippen molar-refractivity contribution in [3.8, 4) is 0 Å². The first-order valence-corrected chi connectivity index (χ1v) is 10.00. The molecule has 4 aliphatic rings. The number of carbonyl (C=O) groups is 1. The molecule has 3 saturated heterocycles. The molecule has 136 valence electrons. The molecule has 2 atom stereocenters. The molecule has 3 heterocycles. The number of hydrogen-bond acceptors (Lipinski definition) is 4. The smallest absolute Gasteiger partial charge is 0.225 e. The van der Waals surface area contributed by atoms with E-state index in [1.54, 1.807) is 0 Å². The van der Waals surface area contributed by atoms with Crippen molar-refractivity contribution in [3.05, 3.63) is 0 Å². The third kappa shape index (κ3) is 3.78. The maximum absolute atomic E-state index is 12.8. The van der Waals surface area contributed by atoms with Gasteiger partial charge < -0.3 is 19.3 Å². The highest BCUT2D eigenvalue weighted by atomic mass is 16.5. The van der Waals surface area contributed by atoms with E-state index >= 15 is 0 Å². The van der Waals surface area contributed by atoms with Crippen molar-refractivity contribution < 1.29 is 14.3 Å². The molecule has 1 saturated carbocycles. The van der Waals surface area contributed by atoms with Gasteiger partial charge in [0.1, 0.15) is 0 Å². The maximum atomic E-state index is 12.8. The SMILES string of the molecule is O=C(C1CCOCC1)N1C[C@H]2CN(CC3CCCC3)CCO[C@H]2C1. The number of fused-ring (bicyclic) bond motifs is 1. The van der Waals surface area contributed by atoms with Gasteiger partial charge in [-0.05, 0) is 31.6 Å².